The molecule has 2 bridgehead atoms. The number of hydrogen-bond donors (Lipinski definition) is 0. The van der Waals surface area contributed by atoms with Gasteiger partial charge in [0, 0.05) is 79.5 Å². The summed E-state index contributed by atoms with van der Waals surface area (Å²) in [4.78, 5) is 40.4. The fourth-order valence-electron chi connectivity index (χ4n) is 11.3. The third-order valence-corrected chi connectivity index (χ3v) is 15.0. The number of rotatable bonds is 8. The van der Waals surface area contributed by atoms with Crippen LogP contribution in [0.25, 0.3) is 112 Å². The lowest BCUT2D eigenvalue weighted by Crippen LogP contribution is -2.27. The predicted molar refractivity (Wildman–Crippen MR) is 302 cm³/mol. The first kappa shape index (κ1) is 43.4. The van der Waals surface area contributed by atoms with Gasteiger partial charge in [0.2, 0.25) is 0 Å². The maximum Gasteiger partial charge on any atom is 0.164 e. The van der Waals surface area contributed by atoms with E-state index in [4.69, 9.17) is 39.9 Å². The molecule has 0 fully saturated rings. The standard InChI is InChI=1S/C68H42N8/c1-3-13-43(14-4-1)63-71-65(45-27-23-41(24-28-45)51-35-47-17-7-11-21-59(47)69-39-51)75-67(73-63)49-31-33-55-57(37-49)61-53-19-9-10-20-54(53)62(55)58-38-50(32-34-56(58)61)68-74-64(44-15-5-2-6-16-44)72-66(76-68)46-29-25-42(26-30-46)52-36-48-18-8-12-22-60(48)70-40-52/h1-40,61-62H. The maximum atomic E-state index is 5.22. The molecule has 0 spiro atoms. The van der Waals surface area contributed by atoms with Gasteiger partial charge in [-0.3, -0.25) is 9.97 Å². The van der Waals surface area contributed by atoms with Crippen LogP contribution in [0.4, 0.5) is 0 Å². The Bertz CT molecular complexity index is 4120. The molecule has 354 valence electrons. The summed E-state index contributed by atoms with van der Waals surface area (Å²) in [7, 11) is 0. The van der Waals surface area contributed by atoms with E-state index >= 15 is 0 Å². The molecule has 0 saturated carbocycles. The minimum atomic E-state index is -0.00244. The van der Waals surface area contributed by atoms with Gasteiger partial charge < -0.3 is 0 Å². The van der Waals surface area contributed by atoms with Crippen molar-refractivity contribution in [2.45, 2.75) is 11.8 Å². The summed E-state index contributed by atoms with van der Waals surface area (Å²) in [6, 6.07) is 80.4. The van der Waals surface area contributed by atoms with Crippen molar-refractivity contribution in [3.63, 3.8) is 0 Å². The van der Waals surface area contributed by atoms with E-state index in [0.717, 1.165) is 77.4 Å². The van der Waals surface area contributed by atoms with Crippen LogP contribution in [0.3, 0.4) is 0 Å². The van der Waals surface area contributed by atoms with Gasteiger partial charge in [-0.15, -0.1) is 0 Å². The summed E-state index contributed by atoms with van der Waals surface area (Å²) < 4.78 is 0. The zero-order valence-corrected chi connectivity index (χ0v) is 40.8. The maximum absolute atomic E-state index is 5.22. The second-order valence-electron chi connectivity index (χ2n) is 19.5. The van der Waals surface area contributed by atoms with Crippen LogP contribution in [0.5, 0.6) is 0 Å². The molecule has 2 atom stereocenters. The highest BCUT2D eigenvalue weighted by molar-refractivity contribution is 5.85. The highest BCUT2D eigenvalue weighted by atomic mass is 15.0. The van der Waals surface area contributed by atoms with Gasteiger partial charge in [0.25, 0.3) is 0 Å². The molecule has 2 unspecified atom stereocenters. The van der Waals surface area contributed by atoms with Crippen molar-refractivity contribution < 1.29 is 0 Å². The van der Waals surface area contributed by atoms with Crippen LogP contribution in [0.2, 0.25) is 0 Å². The molecule has 0 saturated heterocycles. The summed E-state index contributed by atoms with van der Waals surface area (Å²) in [5, 5.41) is 2.21. The first-order chi connectivity index (χ1) is 37.6. The molecule has 3 aliphatic carbocycles. The molecule has 0 radical (unpaired) electrons. The lowest BCUT2D eigenvalue weighted by Gasteiger charge is -2.42. The molecule has 0 aliphatic heterocycles. The highest BCUT2D eigenvalue weighted by Crippen LogP contribution is 2.56. The van der Waals surface area contributed by atoms with Crippen molar-refractivity contribution in [3.05, 3.63) is 276 Å². The van der Waals surface area contributed by atoms with E-state index in [1.54, 1.807) is 0 Å². The SMILES string of the molecule is c1ccc(-c2nc(-c3ccc(-c4cnc5ccccc5c4)cc3)nc(-c3ccc4c(c3)C3c5ccccc5C4c4cc(-c5nc(-c6ccccc6)nc(-c6ccc(-c7cnc8ccccc8c7)cc6)n5)ccc43)n2)cc1. The van der Waals surface area contributed by atoms with Crippen molar-refractivity contribution in [1.29, 1.82) is 0 Å². The van der Waals surface area contributed by atoms with E-state index in [1.807, 2.05) is 85.2 Å². The summed E-state index contributed by atoms with van der Waals surface area (Å²) in [6.07, 6.45) is 3.87. The van der Waals surface area contributed by atoms with E-state index in [2.05, 4.69) is 158 Å². The van der Waals surface area contributed by atoms with Gasteiger partial charge in [0.15, 0.2) is 34.9 Å². The van der Waals surface area contributed by atoms with Crippen LogP contribution in [0, 0.1) is 0 Å². The Kier molecular flexibility index (Phi) is 10.2. The average molecular weight is 971 g/mol. The van der Waals surface area contributed by atoms with E-state index in [9.17, 15) is 0 Å². The van der Waals surface area contributed by atoms with Gasteiger partial charge in [-0.25, -0.2) is 29.9 Å². The first-order valence-corrected chi connectivity index (χ1v) is 25.5. The van der Waals surface area contributed by atoms with Gasteiger partial charge in [0.05, 0.1) is 11.0 Å². The van der Waals surface area contributed by atoms with Crippen molar-refractivity contribution >= 4 is 21.8 Å². The van der Waals surface area contributed by atoms with Crippen molar-refractivity contribution in [3.8, 4) is 90.6 Å². The first-order valence-electron chi connectivity index (χ1n) is 25.5. The third kappa shape index (κ3) is 7.54. The molecular formula is C68H42N8. The summed E-state index contributed by atoms with van der Waals surface area (Å²) in [5.74, 6) is 3.72. The molecule has 8 nitrogen and oxygen atoms in total. The lowest BCUT2D eigenvalue weighted by atomic mass is 9.61. The van der Waals surface area contributed by atoms with Crippen molar-refractivity contribution in [1.82, 2.24) is 39.9 Å². The molecule has 76 heavy (non-hydrogen) atoms. The normalized spacial score (nSPS) is 14.1. The van der Waals surface area contributed by atoms with Gasteiger partial charge >= 0.3 is 0 Å². The highest BCUT2D eigenvalue weighted by Gasteiger charge is 2.41. The molecule has 4 heterocycles. The summed E-state index contributed by atoms with van der Waals surface area (Å²) in [6.45, 7) is 0. The van der Waals surface area contributed by atoms with Gasteiger partial charge in [-0.05, 0) is 80.9 Å². The van der Waals surface area contributed by atoms with Crippen LogP contribution in [-0.4, -0.2) is 39.9 Å². The Morgan fingerprint density at radius 1 is 0.211 bits per heavy atom. The van der Waals surface area contributed by atoms with E-state index < -0.39 is 0 Å². The fourth-order valence-corrected chi connectivity index (χ4v) is 11.3. The predicted octanol–water partition coefficient (Wildman–Crippen LogP) is 15.5. The Morgan fingerprint density at radius 3 is 0.921 bits per heavy atom. The Hall–Kier alpha value is -10.2. The second-order valence-corrected chi connectivity index (χ2v) is 19.5. The molecule has 0 amide bonds. The average Bonchev–Trinajstić information content (AvgIpc) is 3.58. The van der Waals surface area contributed by atoms with Crippen LogP contribution in [0.15, 0.2) is 243 Å². The number of pyridine rings is 2. The minimum Gasteiger partial charge on any atom is -0.256 e. The fraction of sp³-hybridized carbons (Fsp3) is 0.0294. The zero-order valence-electron chi connectivity index (χ0n) is 40.8. The minimum absolute atomic E-state index is 0.00244. The quantitative estimate of drug-likeness (QED) is 0.148. The number of hydrogen-bond acceptors (Lipinski definition) is 8. The Labute approximate surface area is 438 Å². The van der Waals surface area contributed by atoms with Gasteiger partial charge in [0.1, 0.15) is 0 Å². The monoisotopic (exact) mass is 970 g/mol. The number of para-hydroxylation sites is 2. The number of nitrogens with zero attached hydrogens (tertiary/aromatic N) is 8. The Morgan fingerprint density at radius 2 is 0.513 bits per heavy atom. The molecule has 8 heteroatoms. The van der Waals surface area contributed by atoms with E-state index in [1.165, 1.54) is 33.4 Å². The zero-order chi connectivity index (χ0) is 50.1. The second kappa shape index (κ2) is 17.8. The van der Waals surface area contributed by atoms with Crippen LogP contribution in [-0.2, 0) is 0 Å². The number of fused-ring (bicyclic) bond motifs is 2. The van der Waals surface area contributed by atoms with Crippen LogP contribution < -0.4 is 0 Å². The molecule has 9 aromatic carbocycles. The van der Waals surface area contributed by atoms with Gasteiger partial charge in [-0.2, -0.15) is 0 Å². The topological polar surface area (TPSA) is 103 Å². The summed E-state index contributed by atoms with van der Waals surface area (Å²) >= 11 is 0. The molecule has 13 aromatic rings. The van der Waals surface area contributed by atoms with E-state index in [0.29, 0.717) is 34.9 Å². The number of aromatic nitrogens is 8. The smallest absolute Gasteiger partial charge is 0.164 e. The molecular weight excluding hydrogens is 929 g/mol. The van der Waals surface area contributed by atoms with Crippen LogP contribution in [0.1, 0.15) is 45.2 Å². The molecule has 16 rings (SSSR count). The molecule has 4 aromatic heterocycles. The number of benzene rings is 9. The van der Waals surface area contributed by atoms with Crippen molar-refractivity contribution in [2.75, 3.05) is 0 Å². The summed E-state index contributed by atoms with van der Waals surface area (Å²) in [5.41, 5.74) is 19.5. The lowest BCUT2D eigenvalue weighted by molar-refractivity contribution is 0.754. The Balaban J connectivity index is 0.801. The largest absolute Gasteiger partial charge is 0.256 e. The van der Waals surface area contributed by atoms with Crippen molar-refractivity contribution in [2.24, 2.45) is 0 Å². The molecule has 0 N–H and O–H groups in total. The van der Waals surface area contributed by atoms with E-state index in [-0.39, 0.29) is 11.8 Å². The van der Waals surface area contributed by atoms with Gasteiger partial charge in [-0.1, -0.05) is 194 Å². The molecule has 3 aliphatic rings. The van der Waals surface area contributed by atoms with Crippen LogP contribution >= 0.6 is 0 Å². The third-order valence-electron chi connectivity index (χ3n) is 15.0.